The summed E-state index contributed by atoms with van der Waals surface area (Å²) in [6.45, 7) is 1.44. The molecule has 72 valence electrons. The number of aliphatic hydroxyl groups is 2. The largest absolute Gasteiger partial charge is 0.511 e. The molecule has 13 heavy (non-hydrogen) atoms. The SMILES string of the molecule is COC(=O)C1C(O)=CC=CC1(C)O. The molecule has 1 aliphatic rings. The second kappa shape index (κ2) is 3.22. The highest BCUT2D eigenvalue weighted by molar-refractivity contribution is 5.77. The number of rotatable bonds is 1. The Morgan fingerprint density at radius 1 is 1.69 bits per heavy atom. The van der Waals surface area contributed by atoms with Gasteiger partial charge >= 0.3 is 5.97 Å². The van der Waals surface area contributed by atoms with Crippen molar-refractivity contribution in [2.45, 2.75) is 12.5 Å². The molecule has 0 heterocycles. The minimum atomic E-state index is -1.38. The average Bonchev–Trinajstić information content (AvgIpc) is 2.02. The number of methoxy groups -OCH3 is 1. The number of hydrogen-bond donors (Lipinski definition) is 2. The maximum atomic E-state index is 11.2. The summed E-state index contributed by atoms with van der Waals surface area (Å²) in [6, 6.07) is 0. The van der Waals surface area contributed by atoms with E-state index in [4.69, 9.17) is 0 Å². The number of aliphatic hydroxyl groups excluding tert-OH is 1. The zero-order valence-corrected chi connectivity index (χ0v) is 7.52. The molecule has 2 atom stereocenters. The summed E-state index contributed by atoms with van der Waals surface area (Å²) in [5.74, 6) is -1.86. The average molecular weight is 184 g/mol. The summed E-state index contributed by atoms with van der Waals surface area (Å²) in [5.41, 5.74) is -1.38. The quantitative estimate of drug-likeness (QED) is 0.583. The van der Waals surface area contributed by atoms with Crippen molar-refractivity contribution in [3.05, 3.63) is 24.0 Å². The Kier molecular flexibility index (Phi) is 2.43. The number of allylic oxidation sites excluding steroid dienone is 2. The Labute approximate surface area is 76.1 Å². The molecule has 2 unspecified atom stereocenters. The predicted octanol–water partition coefficient (Wildman–Crippen LogP) is 0.538. The minimum absolute atomic E-state index is 0.181. The molecule has 4 heteroatoms. The number of esters is 1. The van der Waals surface area contributed by atoms with E-state index >= 15 is 0 Å². The third-order valence-corrected chi connectivity index (χ3v) is 2.02. The van der Waals surface area contributed by atoms with Gasteiger partial charge in [-0.25, -0.2) is 0 Å². The van der Waals surface area contributed by atoms with E-state index in [1.54, 1.807) is 0 Å². The molecule has 0 fully saturated rings. The van der Waals surface area contributed by atoms with Gasteiger partial charge in [-0.3, -0.25) is 4.79 Å². The van der Waals surface area contributed by atoms with E-state index in [0.29, 0.717) is 0 Å². The van der Waals surface area contributed by atoms with E-state index in [-0.39, 0.29) is 5.76 Å². The maximum Gasteiger partial charge on any atom is 0.319 e. The van der Waals surface area contributed by atoms with Crippen LogP contribution in [0.2, 0.25) is 0 Å². The van der Waals surface area contributed by atoms with Crippen LogP contribution in [0, 0.1) is 5.92 Å². The third kappa shape index (κ3) is 1.72. The molecular weight excluding hydrogens is 172 g/mol. The van der Waals surface area contributed by atoms with E-state index in [9.17, 15) is 15.0 Å². The van der Waals surface area contributed by atoms with Crippen LogP contribution in [0.15, 0.2) is 24.0 Å². The van der Waals surface area contributed by atoms with Gasteiger partial charge in [-0.1, -0.05) is 12.2 Å². The van der Waals surface area contributed by atoms with E-state index < -0.39 is 17.5 Å². The van der Waals surface area contributed by atoms with Crippen LogP contribution in [-0.2, 0) is 9.53 Å². The van der Waals surface area contributed by atoms with Crippen LogP contribution < -0.4 is 0 Å². The molecule has 4 nitrogen and oxygen atoms in total. The molecular formula is C9H12O4. The highest BCUT2D eigenvalue weighted by atomic mass is 16.5. The molecule has 0 bridgehead atoms. The van der Waals surface area contributed by atoms with Crippen LogP contribution in [0.25, 0.3) is 0 Å². The van der Waals surface area contributed by atoms with Crippen molar-refractivity contribution in [2.24, 2.45) is 5.92 Å². The van der Waals surface area contributed by atoms with Crippen LogP contribution >= 0.6 is 0 Å². The molecule has 0 amide bonds. The Bertz CT molecular complexity index is 275. The first-order valence-electron chi connectivity index (χ1n) is 3.87. The van der Waals surface area contributed by atoms with Gasteiger partial charge in [0, 0.05) is 0 Å². The number of hydrogen-bond acceptors (Lipinski definition) is 4. The Hall–Kier alpha value is -1.29. The summed E-state index contributed by atoms with van der Waals surface area (Å²) < 4.78 is 4.46. The smallest absolute Gasteiger partial charge is 0.319 e. The Morgan fingerprint density at radius 2 is 2.31 bits per heavy atom. The zero-order chi connectivity index (χ0) is 10.1. The van der Waals surface area contributed by atoms with E-state index in [0.717, 1.165) is 0 Å². The third-order valence-electron chi connectivity index (χ3n) is 2.02. The van der Waals surface area contributed by atoms with Gasteiger partial charge in [-0.05, 0) is 13.0 Å². The summed E-state index contributed by atoms with van der Waals surface area (Å²) in [6.07, 6.45) is 4.29. The normalized spacial score (nSPS) is 32.5. The maximum absolute atomic E-state index is 11.2. The molecule has 0 aromatic carbocycles. The molecule has 0 aliphatic heterocycles. The number of ether oxygens (including phenoxy) is 1. The van der Waals surface area contributed by atoms with Crippen molar-refractivity contribution < 1.29 is 19.7 Å². The predicted molar refractivity (Wildman–Crippen MR) is 46.0 cm³/mol. The molecule has 2 N–H and O–H groups in total. The summed E-state index contributed by atoms with van der Waals surface area (Å²) in [5, 5.41) is 19.1. The van der Waals surface area contributed by atoms with Gasteiger partial charge in [0.15, 0.2) is 0 Å². The first kappa shape index (κ1) is 9.80. The monoisotopic (exact) mass is 184 g/mol. The topological polar surface area (TPSA) is 66.8 Å². The van der Waals surface area contributed by atoms with Crippen LogP contribution in [0.4, 0.5) is 0 Å². The standard InChI is InChI=1S/C9H12O4/c1-9(12)5-3-4-6(10)7(9)8(11)13-2/h3-5,7,10,12H,1-2H3. The van der Waals surface area contributed by atoms with Gasteiger partial charge in [0.25, 0.3) is 0 Å². The van der Waals surface area contributed by atoms with Crippen molar-refractivity contribution >= 4 is 5.97 Å². The fourth-order valence-corrected chi connectivity index (χ4v) is 1.31. The number of carbonyl (C=O) groups is 1. The molecule has 1 aliphatic carbocycles. The van der Waals surface area contributed by atoms with Crippen LogP contribution in [0.1, 0.15) is 6.92 Å². The second-order valence-electron chi connectivity index (χ2n) is 3.13. The van der Waals surface area contributed by atoms with E-state index in [1.165, 1.54) is 32.3 Å². The van der Waals surface area contributed by atoms with Gasteiger partial charge in [0.2, 0.25) is 0 Å². The first-order chi connectivity index (χ1) is 5.99. The van der Waals surface area contributed by atoms with Gasteiger partial charge in [0.05, 0.1) is 7.11 Å². The van der Waals surface area contributed by atoms with E-state index in [2.05, 4.69) is 4.74 Å². The van der Waals surface area contributed by atoms with Crippen molar-refractivity contribution in [1.82, 2.24) is 0 Å². The van der Waals surface area contributed by atoms with Gasteiger partial charge in [-0.2, -0.15) is 0 Å². The van der Waals surface area contributed by atoms with Crippen molar-refractivity contribution in [3.63, 3.8) is 0 Å². The lowest BCUT2D eigenvalue weighted by atomic mass is 9.84. The summed E-state index contributed by atoms with van der Waals surface area (Å²) in [4.78, 5) is 11.2. The van der Waals surface area contributed by atoms with Crippen molar-refractivity contribution in [3.8, 4) is 0 Å². The fourth-order valence-electron chi connectivity index (χ4n) is 1.31. The van der Waals surface area contributed by atoms with Gasteiger partial charge < -0.3 is 14.9 Å². The fraction of sp³-hybridized carbons (Fsp3) is 0.444. The molecule has 0 radical (unpaired) electrons. The highest BCUT2D eigenvalue weighted by Gasteiger charge is 2.40. The molecule has 0 aromatic heterocycles. The van der Waals surface area contributed by atoms with Crippen LogP contribution in [0.3, 0.4) is 0 Å². The highest BCUT2D eigenvalue weighted by Crippen LogP contribution is 2.29. The van der Waals surface area contributed by atoms with Crippen LogP contribution in [-0.4, -0.2) is 28.9 Å². The lowest BCUT2D eigenvalue weighted by molar-refractivity contribution is -0.151. The second-order valence-corrected chi connectivity index (χ2v) is 3.13. The minimum Gasteiger partial charge on any atom is -0.511 e. The molecule has 0 spiro atoms. The summed E-state index contributed by atoms with van der Waals surface area (Å²) in [7, 11) is 1.21. The van der Waals surface area contributed by atoms with Gasteiger partial charge in [-0.15, -0.1) is 0 Å². The molecule has 0 saturated carbocycles. The number of carbonyl (C=O) groups excluding carboxylic acids is 1. The zero-order valence-electron chi connectivity index (χ0n) is 7.52. The van der Waals surface area contributed by atoms with Crippen LogP contribution in [0.5, 0.6) is 0 Å². The van der Waals surface area contributed by atoms with Gasteiger partial charge in [0.1, 0.15) is 17.3 Å². The van der Waals surface area contributed by atoms with Crippen molar-refractivity contribution in [2.75, 3.05) is 7.11 Å². The van der Waals surface area contributed by atoms with Crippen molar-refractivity contribution in [1.29, 1.82) is 0 Å². The lowest BCUT2D eigenvalue weighted by Gasteiger charge is -2.29. The Morgan fingerprint density at radius 3 is 2.77 bits per heavy atom. The molecule has 0 aromatic rings. The molecule has 0 saturated heterocycles. The molecule has 1 rings (SSSR count). The first-order valence-corrected chi connectivity index (χ1v) is 3.87. The Balaban J connectivity index is 2.99. The summed E-state index contributed by atoms with van der Waals surface area (Å²) >= 11 is 0. The van der Waals surface area contributed by atoms with E-state index in [1.807, 2.05) is 0 Å². The lowest BCUT2D eigenvalue weighted by Crippen LogP contribution is -2.41.